The number of hydrogen-bond donors (Lipinski definition) is 1. The first-order valence-corrected chi connectivity index (χ1v) is 14.1. The largest absolute Gasteiger partial charge is 0.410 e. The fraction of sp³-hybridized carbons (Fsp3) is 0.261. The Morgan fingerprint density at radius 2 is 1.52 bits per heavy atom. The number of benzene rings is 2. The first kappa shape index (κ1) is 22.1. The van der Waals surface area contributed by atoms with Crippen LogP contribution in [0, 0.1) is 0 Å². The molecule has 152 valence electrons. The van der Waals surface area contributed by atoms with E-state index < -0.39 is 8.24 Å². The number of halogens is 2. The molecule has 0 saturated heterocycles. The van der Waals surface area contributed by atoms with Crippen molar-refractivity contribution < 1.29 is 0 Å². The predicted molar refractivity (Wildman–Crippen MR) is 132 cm³/mol. The SMILES string of the molecule is CC(C)(C)[Si](C)(C)N/C(=C\c1cc(-c2ccc(Cl)cc2)ns1)c1ccc(Cl)cc1. The van der Waals surface area contributed by atoms with E-state index in [0.717, 1.165) is 37.4 Å². The van der Waals surface area contributed by atoms with Crippen LogP contribution in [0.15, 0.2) is 54.6 Å². The minimum Gasteiger partial charge on any atom is -0.410 e. The minimum atomic E-state index is -1.76. The molecule has 0 aliphatic rings. The summed E-state index contributed by atoms with van der Waals surface area (Å²) in [6.45, 7) is 11.6. The van der Waals surface area contributed by atoms with E-state index >= 15 is 0 Å². The van der Waals surface area contributed by atoms with Crippen molar-refractivity contribution in [1.82, 2.24) is 9.36 Å². The molecule has 3 rings (SSSR count). The monoisotopic (exact) mass is 460 g/mol. The van der Waals surface area contributed by atoms with Crippen LogP contribution in [0.5, 0.6) is 0 Å². The molecule has 0 saturated carbocycles. The van der Waals surface area contributed by atoms with E-state index in [1.807, 2.05) is 36.4 Å². The standard InChI is InChI=1S/C23H26Cl2N2SSi/c1-23(2,3)29(4,5)27-22(17-8-12-19(25)13-9-17)15-20-14-21(26-28-20)16-6-10-18(24)11-7-16/h6-15,27H,1-5H3/b22-15-. The maximum absolute atomic E-state index is 6.12. The lowest BCUT2D eigenvalue weighted by Crippen LogP contribution is -2.50. The van der Waals surface area contributed by atoms with Gasteiger partial charge in [-0.15, -0.1) is 0 Å². The van der Waals surface area contributed by atoms with Gasteiger partial charge < -0.3 is 4.98 Å². The number of nitrogens with zero attached hydrogens (tertiary/aromatic N) is 1. The van der Waals surface area contributed by atoms with Gasteiger partial charge in [-0.3, -0.25) is 0 Å². The van der Waals surface area contributed by atoms with Crippen LogP contribution in [-0.4, -0.2) is 12.6 Å². The van der Waals surface area contributed by atoms with Crippen molar-refractivity contribution in [1.29, 1.82) is 0 Å². The summed E-state index contributed by atoms with van der Waals surface area (Å²) in [5.74, 6) is 0. The van der Waals surface area contributed by atoms with Gasteiger partial charge in [0.05, 0.1) is 10.6 Å². The third kappa shape index (κ3) is 5.52. The van der Waals surface area contributed by atoms with E-state index in [4.69, 9.17) is 23.2 Å². The van der Waals surface area contributed by atoms with Gasteiger partial charge in [0, 0.05) is 21.3 Å². The van der Waals surface area contributed by atoms with Crippen LogP contribution in [0.25, 0.3) is 23.0 Å². The molecule has 29 heavy (non-hydrogen) atoms. The molecule has 0 unspecified atom stereocenters. The lowest BCUT2D eigenvalue weighted by atomic mass is 10.1. The molecule has 0 bridgehead atoms. The third-order valence-electron chi connectivity index (χ3n) is 5.43. The van der Waals surface area contributed by atoms with Crippen molar-refractivity contribution in [3.05, 3.63) is 75.1 Å². The normalized spacial score (nSPS) is 12.9. The second kappa shape index (κ2) is 8.64. The molecule has 0 aliphatic heterocycles. The quantitative estimate of drug-likeness (QED) is 0.387. The molecule has 0 fully saturated rings. The van der Waals surface area contributed by atoms with Crippen LogP contribution < -0.4 is 4.98 Å². The van der Waals surface area contributed by atoms with Crippen LogP contribution in [0.4, 0.5) is 0 Å². The Morgan fingerprint density at radius 3 is 2.07 bits per heavy atom. The summed E-state index contributed by atoms with van der Waals surface area (Å²) in [7, 11) is -1.76. The molecule has 6 heteroatoms. The van der Waals surface area contributed by atoms with Gasteiger partial charge in [0.25, 0.3) is 0 Å². The van der Waals surface area contributed by atoms with E-state index in [0.29, 0.717) is 0 Å². The summed E-state index contributed by atoms with van der Waals surface area (Å²) < 4.78 is 4.64. The fourth-order valence-electron chi connectivity index (χ4n) is 2.60. The Labute approximate surface area is 188 Å². The predicted octanol–water partition coefficient (Wildman–Crippen LogP) is 8.21. The van der Waals surface area contributed by atoms with Crippen LogP contribution >= 0.6 is 34.7 Å². The zero-order valence-electron chi connectivity index (χ0n) is 17.4. The highest BCUT2D eigenvalue weighted by molar-refractivity contribution is 7.07. The average molecular weight is 462 g/mol. The fourth-order valence-corrected chi connectivity index (χ4v) is 4.82. The van der Waals surface area contributed by atoms with E-state index in [2.05, 4.69) is 67.5 Å². The molecule has 0 aliphatic carbocycles. The summed E-state index contributed by atoms with van der Waals surface area (Å²) in [6.07, 6.45) is 2.20. The molecule has 1 aromatic heterocycles. The number of nitrogens with one attached hydrogen (secondary N) is 1. The van der Waals surface area contributed by atoms with Gasteiger partial charge in [-0.1, -0.05) is 81.3 Å². The van der Waals surface area contributed by atoms with E-state index in [1.165, 1.54) is 11.5 Å². The van der Waals surface area contributed by atoms with Crippen LogP contribution in [0.3, 0.4) is 0 Å². The van der Waals surface area contributed by atoms with Crippen LogP contribution in [0.1, 0.15) is 31.2 Å². The van der Waals surface area contributed by atoms with Gasteiger partial charge in [-0.2, -0.15) is 4.37 Å². The Balaban J connectivity index is 1.98. The highest BCUT2D eigenvalue weighted by atomic mass is 35.5. The van der Waals surface area contributed by atoms with Gasteiger partial charge in [-0.25, -0.2) is 0 Å². The summed E-state index contributed by atoms with van der Waals surface area (Å²) in [5.41, 5.74) is 4.26. The van der Waals surface area contributed by atoms with Crippen LogP contribution in [0.2, 0.25) is 28.2 Å². The second-order valence-corrected chi connectivity index (χ2v) is 15.4. The van der Waals surface area contributed by atoms with E-state index in [-0.39, 0.29) is 5.04 Å². The zero-order chi connectivity index (χ0) is 21.2. The van der Waals surface area contributed by atoms with Crippen molar-refractivity contribution in [2.75, 3.05) is 0 Å². The van der Waals surface area contributed by atoms with Crippen LogP contribution in [-0.2, 0) is 0 Å². The lowest BCUT2D eigenvalue weighted by molar-refractivity contribution is 0.708. The molecule has 3 aromatic rings. The van der Waals surface area contributed by atoms with Gasteiger partial charge in [0.1, 0.15) is 0 Å². The summed E-state index contributed by atoms with van der Waals surface area (Å²) in [5, 5.41) is 1.68. The number of rotatable bonds is 5. The Bertz CT molecular complexity index is 1000. The van der Waals surface area contributed by atoms with Gasteiger partial charge >= 0.3 is 0 Å². The zero-order valence-corrected chi connectivity index (χ0v) is 20.7. The van der Waals surface area contributed by atoms with Crippen molar-refractivity contribution in [2.45, 2.75) is 38.9 Å². The van der Waals surface area contributed by atoms with Crippen molar-refractivity contribution in [3.8, 4) is 11.3 Å². The molecule has 0 radical (unpaired) electrons. The molecular weight excluding hydrogens is 435 g/mol. The maximum Gasteiger partial charge on any atom is 0.152 e. The number of hydrogen-bond acceptors (Lipinski definition) is 3. The number of aromatic nitrogens is 1. The van der Waals surface area contributed by atoms with Gasteiger partial charge in [0.2, 0.25) is 0 Å². The molecule has 0 spiro atoms. The van der Waals surface area contributed by atoms with Gasteiger partial charge in [0.15, 0.2) is 8.24 Å². The molecule has 2 aromatic carbocycles. The Hall–Kier alpha value is -1.59. The van der Waals surface area contributed by atoms with Gasteiger partial charge in [-0.05, 0) is 58.5 Å². The Kier molecular flexibility index (Phi) is 6.59. The molecule has 1 heterocycles. The van der Waals surface area contributed by atoms with E-state index in [9.17, 15) is 0 Å². The first-order valence-electron chi connectivity index (χ1n) is 9.54. The molecule has 2 nitrogen and oxygen atoms in total. The second-order valence-electron chi connectivity index (χ2n) is 8.69. The summed E-state index contributed by atoms with van der Waals surface area (Å²) in [6, 6.07) is 17.9. The topological polar surface area (TPSA) is 24.9 Å². The highest BCUT2D eigenvalue weighted by Gasteiger charge is 2.36. The minimum absolute atomic E-state index is 0.209. The Morgan fingerprint density at radius 1 is 0.966 bits per heavy atom. The highest BCUT2D eigenvalue weighted by Crippen LogP contribution is 2.36. The van der Waals surface area contributed by atoms with Crippen molar-refractivity contribution in [2.24, 2.45) is 0 Å². The summed E-state index contributed by atoms with van der Waals surface area (Å²) in [4.78, 5) is 5.00. The first-order chi connectivity index (χ1) is 13.5. The van der Waals surface area contributed by atoms with E-state index in [1.54, 1.807) is 0 Å². The van der Waals surface area contributed by atoms with Crippen molar-refractivity contribution in [3.63, 3.8) is 0 Å². The smallest absolute Gasteiger partial charge is 0.152 e. The lowest BCUT2D eigenvalue weighted by Gasteiger charge is -2.39. The molecule has 0 amide bonds. The molecule has 0 atom stereocenters. The van der Waals surface area contributed by atoms with Crippen molar-refractivity contribution >= 4 is 54.7 Å². The average Bonchev–Trinajstić information content (AvgIpc) is 3.10. The summed E-state index contributed by atoms with van der Waals surface area (Å²) >= 11 is 13.6. The maximum atomic E-state index is 6.12. The molecular formula is C23H26Cl2N2SSi. The third-order valence-corrected chi connectivity index (χ3v) is 11.3. The molecule has 1 N–H and O–H groups in total.